The van der Waals surface area contributed by atoms with E-state index in [-0.39, 0.29) is 13.2 Å². The van der Waals surface area contributed by atoms with Crippen LogP contribution in [0.15, 0.2) is 72.8 Å². The fourth-order valence-corrected chi connectivity index (χ4v) is 14.8. The zero-order valence-corrected chi connectivity index (χ0v) is 70.6. The molecule has 12 heteroatoms. The van der Waals surface area contributed by atoms with E-state index in [1.165, 1.54) is 64.2 Å². The summed E-state index contributed by atoms with van der Waals surface area (Å²) in [5.41, 5.74) is 0. The molecule has 110 heavy (non-hydrogen) atoms. The molecule has 8 rings (SSSR count). The van der Waals surface area contributed by atoms with Crippen LogP contribution in [0.3, 0.4) is 0 Å². The molecule has 0 N–H and O–H groups in total. The molecule has 0 unspecified atom stereocenters. The van der Waals surface area contributed by atoms with Gasteiger partial charge in [0.1, 0.15) is 13.2 Å². The van der Waals surface area contributed by atoms with Gasteiger partial charge in [0.2, 0.25) is 0 Å². The van der Waals surface area contributed by atoms with Crippen molar-refractivity contribution in [2.24, 2.45) is 0 Å². The van der Waals surface area contributed by atoms with Gasteiger partial charge in [0.15, 0.2) is 69.0 Å². The Labute approximate surface area is 665 Å². The topological polar surface area (TPSA) is 111 Å². The summed E-state index contributed by atoms with van der Waals surface area (Å²) >= 11 is 0. The van der Waals surface area contributed by atoms with Gasteiger partial charge in [-0.2, -0.15) is 0 Å². The van der Waals surface area contributed by atoms with E-state index in [9.17, 15) is 0 Å². The van der Waals surface area contributed by atoms with Crippen molar-refractivity contribution in [2.45, 2.75) is 326 Å². The molecule has 0 fully saturated rings. The maximum absolute atomic E-state index is 7.15. The molecule has 0 aliphatic heterocycles. The molecule has 0 aromatic heterocycles. The standard InChI is InChI=1S/C98H146O12/c1-11-21-31-41-51-99-87-63-75-77-65-89(101-53-43-33-23-13-3)93(105-57-47-37-27-17-7)69-81(77)85-73-97(95(107-59-49-39-29-19-9)71-83(85)79(75)67-91(87)103-55-45-35-25-15-5)109-61-62-110-98-74-86-82-70-94(106-58-48-38-28-18-8)90(102-54-44-34-24-14-4)66-78(82)76-64-88(100-52-42-32-22-12-2)92(104-56-46-36-26-16-6)68-80(76)84(86)72-96(98)108-60-50-40-30-20-10/h63-74H,11-62H2,1-10H3. The van der Waals surface area contributed by atoms with Gasteiger partial charge in [-0.25, -0.2) is 0 Å². The highest BCUT2D eigenvalue weighted by Crippen LogP contribution is 2.50. The molecular formula is C98H146O12. The lowest BCUT2D eigenvalue weighted by molar-refractivity contribution is 0.198. The van der Waals surface area contributed by atoms with Crippen molar-refractivity contribution in [3.8, 4) is 69.0 Å². The first-order chi connectivity index (χ1) is 54.3. The third-order valence-corrected chi connectivity index (χ3v) is 21.4. The molecule has 0 saturated carbocycles. The highest BCUT2D eigenvalue weighted by Gasteiger charge is 2.24. The number of fused-ring (bicyclic) bond motifs is 12. The van der Waals surface area contributed by atoms with E-state index in [2.05, 4.69) is 142 Å². The second kappa shape index (κ2) is 52.3. The molecule has 12 nitrogen and oxygen atoms in total. The highest BCUT2D eigenvalue weighted by atomic mass is 16.6. The van der Waals surface area contributed by atoms with Crippen LogP contribution < -0.4 is 56.8 Å². The number of rotatable bonds is 65. The summed E-state index contributed by atoms with van der Waals surface area (Å²) < 4.78 is 83.0. The Hall–Kier alpha value is -7.08. The average molecular weight is 1520 g/mol. The van der Waals surface area contributed by atoms with Crippen LogP contribution in [0.2, 0.25) is 0 Å². The van der Waals surface area contributed by atoms with E-state index in [1.807, 2.05) is 0 Å². The van der Waals surface area contributed by atoms with Crippen LogP contribution in [0.25, 0.3) is 64.6 Å². The van der Waals surface area contributed by atoms with Gasteiger partial charge in [-0.05, 0) is 202 Å². The molecule has 8 aromatic carbocycles. The maximum Gasteiger partial charge on any atom is 0.162 e. The quantitative estimate of drug-likeness (QED) is 0.0267. The first-order valence-corrected chi connectivity index (χ1v) is 44.9. The Morgan fingerprint density at radius 3 is 0.300 bits per heavy atom. The molecular weight excluding hydrogens is 1370 g/mol. The Kier molecular flexibility index (Phi) is 42.0. The summed E-state index contributed by atoms with van der Waals surface area (Å²) in [5.74, 6) is 8.79. The SMILES string of the molecule is CCCCCCOc1cc2c3cc(OCCCCCC)c(OCCCCCC)cc3c3cc(OCCOc4cc5c6cc(OCCCCCC)c(OCCCCCC)cc6c6cc(OCCCCCC)c(OCCCCCC)cc6c5cc4OCCCCCC)c(OCCCCCC)cc3c2cc1OCCCCCC. The minimum Gasteiger partial charge on any atom is -0.490 e. The van der Waals surface area contributed by atoms with Gasteiger partial charge < -0.3 is 56.8 Å². The Bertz CT molecular complexity index is 3540. The predicted octanol–water partition coefficient (Wildman–Crippen LogP) is 29.7. The molecule has 0 aliphatic rings. The molecule has 8 aromatic rings. The largest absolute Gasteiger partial charge is 0.490 e. The maximum atomic E-state index is 7.15. The Balaban J connectivity index is 1.30. The predicted molar refractivity (Wildman–Crippen MR) is 465 cm³/mol. The highest BCUT2D eigenvalue weighted by molar-refractivity contribution is 6.28. The van der Waals surface area contributed by atoms with Crippen molar-refractivity contribution in [1.29, 1.82) is 0 Å². The van der Waals surface area contributed by atoms with Gasteiger partial charge in [-0.15, -0.1) is 0 Å². The smallest absolute Gasteiger partial charge is 0.162 e. The zero-order chi connectivity index (χ0) is 77.6. The number of hydrogen-bond donors (Lipinski definition) is 0. The summed E-state index contributed by atoms with van der Waals surface area (Å²) in [5, 5.41) is 12.5. The molecule has 0 amide bonds. The first-order valence-electron chi connectivity index (χ1n) is 44.9. The van der Waals surface area contributed by atoms with Crippen molar-refractivity contribution in [1.82, 2.24) is 0 Å². The van der Waals surface area contributed by atoms with E-state index < -0.39 is 0 Å². The lowest BCUT2D eigenvalue weighted by Crippen LogP contribution is -2.11. The van der Waals surface area contributed by atoms with Gasteiger partial charge in [-0.1, -0.05) is 262 Å². The summed E-state index contributed by atoms with van der Waals surface area (Å²) in [7, 11) is 0. The fourth-order valence-electron chi connectivity index (χ4n) is 14.8. The van der Waals surface area contributed by atoms with Gasteiger partial charge in [0.25, 0.3) is 0 Å². The van der Waals surface area contributed by atoms with Gasteiger partial charge in [0, 0.05) is 0 Å². The summed E-state index contributed by atoms with van der Waals surface area (Å²) in [6.07, 6.45) is 44.0. The minimum absolute atomic E-state index is 0.224. The van der Waals surface area contributed by atoms with Gasteiger partial charge in [0.05, 0.1) is 66.1 Å². The van der Waals surface area contributed by atoms with Gasteiger partial charge in [-0.3, -0.25) is 0 Å². The average Bonchev–Trinajstić information content (AvgIpc) is 0.733. The number of ether oxygens (including phenoxy) is 12. The number of benzene rings is 8. The van der Waals surface area contributed by atoms with E-state index in [0.29, 0.717) is 89.1 Å². The molecule has 610 valence electrons. The minimum atomic E-state index is 0.224. The van der Waals surface area contributed by atoms with Crippen molar-refractivity contribution in [3.05, 3.63) is 72.8 Å². The van der Waals surface area contributed by atoms with Crippen molar-refractivity contribution < 1.29 is 56.8 Å². The van der Waals surface area contributed by atoms with Crippen LogP contribution in [0.4, 0.5) is 0 Å². The lowest BCUT2D eigenvalue weighted by atomic mass is 9.93. The van der Waals surface area contributed by atoms with E-state index in [4.69, 9.17) is 56.8 Å². The molecule has 0 bridgehead atoms. The van der Waals surface area contributed by atoms with E-state index in [1.54, 1.807) is 0 Å². The molecule has 0 saturated heterocycles. The summed E-state index contributed by atoms with van der Waals surface area (Å²) in [4.78, 5) is 0. The Morgan fingerprint density at radius 2 is 0.209 bits per heavy atom. The molecule has 0 heterocycles. The fraction of sp³-hybridized carbons (Fsp3) is 0.633. The molecule has 0 atom stereocenters. The van der Waals surface area contributed by atoms with E-state index >= 15 is 0 Å². The molecule has 0 spiro atoms. The zero-order valence-electron chi connectivity index (χ0n) is 70.6. The summed E-state index contributed by atoms with van der Waals surface area (Å²) in [6, 6.07) is 26.7. The van der Waals surface area contributed by atoms with Crippen LogP contribution in [0.5, 0.6) is 69.0 Å². The van der Waals surface area contributed by atoms with Crippen LogP contribution in [0.1, 0.15) is 326 Å². The summed E-state index contributed by atoms with van der Waals surface area (Å²) in [6.45, 7) is 29.0. The van der Waals surface area contributed by atoms with E-state index in [0.717, 1.165) is 303 Å². The second-order valence-electron chi connectivity index (χ2n) is 30.9. The van der Waals surface area contributed by atoms with Crippen LogP contribution in [-0.2, 0) is 0 Å². The lowest BCUT2D eigenvalue weighted by Gasteiger charge is -2.21. The third-order valence-electron chi connectivity index (χ3n) is 21.4. The number of hydrogen-bond acceptors (Lipinski definition) is 12. The normalized spacial score (nSPS) is 11.6. The second-order valence-corrected chi connectivity index (χ2v) is 30.9. The van der Waals surface area contributed by atoms with Crippen LogP contribution >= 0.6 is 0 Å². The van der Waals surface area contributed by atoms with Gasteiger partial charge >= 0.3 is 0 Å². The third kappa shape index (κ3) is 27.9. The number of unbranched alkanes of at least 4 members (excludes halogenated alkanes) is 30. The monoisotopic (exact) mass is 1520 g/mol. The molecule has 0 radical (unpaired) electrons. The van der Waals surface area contributed by atoms with Crippen LogP contribution in [0, 0.1) is 0 Å². The van der Waals surface area contributed by atoms with Crippen molar-refractivity contribution in [2.75, 3.05) is 79.3 Å². The first kappa shape index (κ1) is 88.5. The van der Waals surface area contributed by atoms with Crippen molar-refractivity contribution in [3.63, 3.8) is 0 Å². The Morgan fingerprint density at radius 1 is 0.118 bits per heavy atom. The van der Waals surface area contributed by atoms with Crippen molar-refractivity contribution >= 4 is 64.6 Å². The van der Waals surface area contributed by atoms with Crippen LogP contribution in [-0.4, -0.2) is 79.3 Å². The molecule has 0 aliphatic carbocycles.